The number of hydrogen-bond donors (Lipinski definition) is 1. The summed E-state index contributed by atoms with van der Waals surface area (Å²) < 4.78 is 37.7. The highest BCUT2D eigenvalue weighted by Crippen LogP contribution is 2.31. The minimum atomic E-state index is -4.42. The quantitative estimate of drug-likeness (QED) is 0.923. The average Bonchev–Trinajstić information content (AvgIpc) is 2.91. The highest BCUT2D eigenvalue weighted by atomic mass is 19.4. The zero-order valence-corrected chi connectivity index (χ0v) is 11.0. The van der Waals surface area contributed by atoms with E-state index < -0.39 is 11.7 Å². The van der Waals surface area contributed by atoms with Crippen molar-refractivity contribution in [3.05, 3.63) is 29.3 Å². The molecule has 0 aromatic heterocycles. The molecule has 1 fully saturated rings. The van der Waals surface area contributed by atoms with Crippen LogP contribution in [0.1, 0.15) is 24.0 Å². The second kappa shape index (κ2) is 6.14. The summed E-state index contributed by atoms with van der Waals surface area (Å²) >= 11 is 0. The van der Waals surface area contributed by atoms with Crippen LogP contribution in [0.25, 0.3) is 0 Å². The van der Waals surface area contributed by atoms with Gasteiger partial charge in [-0.3, -0.25) is 0 Å². The lowest BCUT2D eigenvalue weighted by Gasteiger charge is -2.16. The van der Waals surface area contributed by atoms with Crippen LogP contribution in [-0.2, 0) is 6.18 Å². The van der Waals surface area contributed by atoms with Crippen LogP contribution in [-0.4, -0.2) is 31.1 Å². The molecule has 0 aliphatic carbocycles. The molecule has 108 valence electrons. The van der Waals surface area contributed by atoms with Gasteiger partial charge in [0.1, 0.15) is 6.07 Å². The molecular formula is C14H16F3N3. The third-order valence-corrected chi connectivity index (χ3v) is 3.41. The molecule has 0 saturated carbocycles. The summed E-state index contributed by atoms with van der Waals surface area (Å²) in [5.74, 6) is 0. The summed E-state index contributed by atoms with van der Waals surface area (Å²) in [5.41, 5.74) is -0.305. The molecule has 2 rings (SSSR count). The van der Waals surface area contributed by atoms with E-state index >= 15 is 0 Å². The van der Waals surface area contributed by atoms with E-state index in [1.807, 2.05) is 6.07 Å². The van der Waals surface area contributed by atoms with Gasteiger partial charge in [-0.2, -0.15) is 18.4 Å². The first-order valence-corrected chi connectivity index (χ1v) is 6.58. The number of anilines is 1. The van der Waals surface area contributed by atoms with Crippen molar-refractivity contribution in [1.82, 2.24) is 4.90 Å². The Morgan fingerprint density at radius 3 is 2.55 bits per heavy atom. The molecule has 0 amide bonds. The van der Waals surface area contributed by atoms with Gasteiger partial charge in [0.15, 0.2) is 0 Å². The molecule has 1 aliphatic rings. The van der Waals surface area contributed by atoms with E-state index in [0.29, 0.717) is 12.2 Å². The molecule has 0 radical (unpaired) electrons. The zero-order chi connectivity index (χ0) is 14.6. The van der Waals surface area contributed by atoms with Gasteiger partial charge in [0.2, 0.25) is 0 Å². The second-order valence-corrected chi connectivity index (χ2v) is 4.85. The number of nitrogens with zero attached hydrogens (tertiary/aromatic N) is 2. The summed E-state index contributed by atoms with van der Waals surface area (Å²) in [7, 11) is 0. The van der Waals surface area contributed by atoms with E-state index in [-0.39, 0.29) is 5.56 Å². The lowest BCUT2D eigenvalue weighted by molar-refractivity contribution is -0.137. The number of hydrogen-bond acceptors (Lipinski definition) is 3. The third kappa shape index (κ3) is 3.64. The SMILES string of the molecule is N#Cc1cc(C(F)(F)F)ccc1NCCN1CCCC1. The molecule has 1 aromatic rings. The van der Waals surface area contributed by atoms with Crippen molar-refractivity contribution in [2.45, 2.75) is 19.0 Å². The van der Waals surface area contributed by atoms with Crippen molar-refractivity contribution in [1.29, 1.82) is 5.26 Å². The van der Waals surface area contributed by atoms with Crippen LogP contribution in [0.4, 0.5) is 18.9 Å². The summed E-state index contributed by atoms with van der Waals surface area (Å²) in [6.45, 7) is 3.60. The van der Waals surface area contributed by atoms with E-state index in [9.17, 15) is 13.2 Å². The number of likely N-dealkylation sites (tertiary alicyclic amines) is 1. The van der Waals surface area contributed by atoms with Crippen LogP contribution >= 0.6 is 0 Å². The maximum absolute atomic E-state index is 12.6. The monoisotopic (exact) mass is 283 g/mol. The molecule has 1 saturated heterocycles. The molecule has 3 nitrogen and oxygen atoms in total. The van der Waals surface area contributed by atoms with Gasteiger partial charge in [0.05, 0.1) is 16.8 Å². The summed E-state index contributed by atoms with van der Waals surface area (Å²) in [6.07, 6.45) is -2.02. The molecule has 1 aromatic carbocycles. The molecule has 1 N–H and O–H groups in total. The van der Waals surface area contributed by atoms with Gasteiger partial charge < -0.3 is 10.2 Å². The first-order chi connectivity index (χ1) is 9.50. The molecule has 6 heteroatoms. The average molecular weight is 283 g/mol. The summed E-state index contributed by atoms with van der Waals surface area (Å²) in [5, 5.41) is 12.0. The third-order valence-electron chi connectivity index (χ3n) is 3.41. The van der Waals surface area contributed by atoms with Crippen molar-refractivity contribution in [3.8, 4) is 6.07 Å². The smallest absolute Gasteiger partial charge is 0.383 e. The van der Waals surface area contributed by atoms with Gasteiger partial charge in [-0.25, -0.2) is 0 Å². The fraction of sp³-hybridized carbons (Fsp3) is 0.500. The minimum absolute atomic E-state index is 0.0289. The Balaban J connectivity index is 1.99. The number of alkyl halides is 3. The molecule has 20 heavy (non-hydrogen) atoms. The van der Waals surface area contributed by atoms with Crippen LogP contribution in [0.5, 0.6) is 0 Å². The van der Waals surface area contributed by atoms with Crippen LogP contribution in [0.2, 0.25) is 0 Å². The largest absolute Gasteiger partial charge is 0.416 e. The Labute approximate surface area is 116 Å². The second-order valence-electron chi connectivity index (χ2n) is 4.85. The van der Waals surface area contributed by atoms with Crippen molar-refractivity contribution >= 4 is 5.69 Å². The summed E-state index contributed by atoms with van der Waals surface area (Å²) in [4.78, 5) is 2.29. The van der Waals surface area contributed by atoms with E-state index in [1.54, 1.807) is 0 Å². The first kappa shape index (κ1) is 14.7. The van der Waals surface area contributed by atoms with Crippen LogP contribution in [0.3, 0.4) is 0 Å². The van der Waals surface area contributed by atoms with Gasteiger partial charge in [0, 0.05) is 13.1 Å². The van der Waals surface area contributed by atoms with Gasteiger partial charge >= 0.3 is 6.18 Å². The topological polar surface area (TPSA) is 39.1 Å². The maximum atomic E-state index is 12.6. The zero-order valence-electron chi connectivity index (χ0n) is 11.0. The maximum Gasteiger partial charge on any atom is 0.416 e. The Morgan fingerprint density at radius 1 is 1.25 bits per heavy atom. The Hall–Kier alpha value is -1.74. The number of nitriles is 1. The lowest BCUT2D eigenvalue weighted by Crippen LogP contribution is -2.26. The molecular weight excluding hydrogens is 267 g/mol. The predicted octanol–water partition coefficient (Wildman–Crippen LogP) is 3.08. The molecule has 1 aliphatic heterocycles. The molecule has 0 spiro atoms. The highest BCUT2D eigenvalue weighted by molar-refractivity contribution is 5.59. The first-order valence-electron chi connectivity index (χ1n) is 6.58. The van der Waals surface area contributed by atoms with Crippen molar-refractivity contribution < 1.29 is 13.2 Å². The Morgan fingerprint density at radius 2 is 1.95 bits per heavy atom. The Bertz CT molecular complexity index is 499. The van der Waals surface area contributed by atoms with E-state index in [2.05, 4.69) is 10.2 Å². The van der Waals surface area contributed by atoms with Gasteiger partial charge in [-0.1, -0.05) is 0 Å². The van der Waals surface area contributed by atoms with E-state index in [4.69, 9.17) is 5.26 Å². The van der Waals surface area contributed by atoms with Gasteiger partial charge in [-0.05, 0) is 44.1 Å². The highest BCUT2D eigenvalue weighted by Gasteiger charge is 2.31. The lowest BCUT2D eigenvalue weighted by atomic mass is 10.1. The van der Waals surface area contributed by atoms with Crippen LogP contribution in [0, 0.1) is 11.3 Å². The molecule has 0 atom stereocenters. The number of halogens is 3. The standard InChI is InChI=1S/C14H16F3N3/c15-14(16,17)12-3-4-13(11(9-12)10-18)19-5-8-20-6-1-2-7-20/h3-4,9,19H,1-2,5-8H2. The van der Waals surface area contributed by atoms with Crippen molar-refractivity contribution in [2.75, 3.05) is 31.5 Å². The Kier molecular flexibility index (Phi) is 4.50. The summed E-state index contributed by atoms with van der Waals surface area (Å²) in [6, 6.07) is 5.02. The molecule has 0 unspecified atom stereocenters. The normalized spacial score (nSPS) is 16.1. The van der Waals surface area contributed by atoms with E-state index in [0.717, 1.165) is 31.8 Å². The van der Waals surface area contributed by atoms with Gasteiger partial charge in [0.25, 0.3) is 0 Å². The fourth-order valence-electron chi connectivity index (χ4n) is 2.32. The number of rotatable bonds is 4. The predicted molar refractivity (Wildman–Crippen MR) is 70.3 cm³/mol. The van der Waals surface area contributed by atoms with Crippen LogP contribution < -0.4 is 5.32 Å². The minimum Gasteiger partial charge on any atom is -0.383 e. The van der Waals surface area contributed by atoms with E-state index in [1.165, 1.54) is 18.9 Å². The number of nitrogens with one attached hydrogen (secondary N) is 1. The molecule has 1 heterocycles. The van der Waals surface area contributed by atoms with Crippen LogP contribution in [0.15, 0.2) is 18.2 Å². The fourth-order valence-corrected chi connectivity index (χ4v) is 2.32. The molecule has 0 bridgehead atoms. The van der Waals surface area contributed by atoms with Crippen molar-refractivity contribution in [3.63, 3.8) is 0 Å². The number of benzene rings is 1. The van der Waals surface area contributed by atoms with Crippen molar-refractivity contribution in [2.24, 2.45) is 0 Å². The van der Waals surface area contributed by atoms with Gasteiger partial charge in [-0.15, -0.1) is 0 Å².